The molecule has 0 spiro atoms. The molecule has 13 heavy (non-hydrogen) atoms. The van der Waals surface area contributed by atoms with Gasteiger partial charge in [0.1, 0.15) is 0 Å². The van der Waals surface area contributed by atoms with Crippen LogP contribution in [0.1, 0.15) is 25.7 Å². The van der Waals surface area contributed by atoms with Gasteiger partial charge >= 0.3 is 0 Å². The number of carbonyl (C=O) groups is 1. The highest BCUT2D eigenvalue weighted by molar-refractivity contribution is 5.79. The fourth-order valence-electron chi connectivity index (χ4n) is 1.99. The maximum Gasteiger partial charge on any atom is 0.226 e. The lowest BCUT2D eigenvalue weighted by molar-refractivity contribution is -0.135. The molecule has 1 N–H and O–H groups in total. The predicted molar refractivity (Wildman–Crippen MR) is 51.4 cm³/mol. The molecule has 0 aromatic heterocycles. The summed E-state index contributed by atoms with van der Waals surface area (Å²) in [4.78, 5) is 13.8. The van der Waals surface area contributed by atoms with Gasteiger partial charge < -0.3 is 10.2 Å². The zero-order chi connectivity index (χ0) is 9.26. The van der Waals surface area contributed by atoms with E-state index >= 15 is 0 Å². The minimum absolute atomic E-state index is 0.249. The van der Waals surface area contributed by atoms with Crippen molar-refractivity contribution in [3.8, 4) is 0 Å². The summed E-state index contributed by atoms with van der Waals surface area (Å²) in [6, 6.07) is 0.564. The summed E-state index contributed by atoms with van der Waals surface area (Å²) < 4.78 is 0. The Morgan fingerprint density at radius 2 is 2.15 bits per heavy atom. The molecule has 0 aromatic carbocycles. The zero-order valence-corrected chi connectivity index (χ0v) is 8.25. The first-order valence-corrected chi connectivity index (χ1v) is 5.26. The maximum atomic E-state index is 11.9. The Morgan fingerprint density at radius 3 is 2.69 bits per heavy atom. The molecule has 0 aromatic rings. The van der Waals surface area contributed by atoms with Crippen LogP contribution in [0.25, 0.3) is 0 Å². The number of nitrogens with one attached hydrogen (secondary N) is 1. The van der Waals surface area contributed by atoms with Gasteiger partial charge in [-0.2, -0.15) is 0 Å². The fraction of sp³-hybridized carbons (Fsp3) is 0.900. The first-order valence-electron chi connectivity index (χ1n) is 5.26. The summed E-state index contributed by atoms with van der Waals surface area (Å²) >= 11 is 0. The van der Waals surface area contributed by atoms with E-state index in [-0.39, 0.29) is 5.92 Å². The average molecular weight is 182 g/mol. The summed E-state index contributed by atoms with van der Waals surface area (Å²) in [5.74, 6) is 0.606. The van der Waals surface area contributed by atoms with Crippen molar-refractivity contribution in [1.29, 1.82) is 0 Å². The van der Waals surface area contributed by atoms with Gasteiger partial charge in [0.25, 0.3) is 0 Å². The third-order valence-electron chi connectivity index (χ3n) is 3.09. The molecule has 2 aliphatic rings. The molecule has 1 aliphatic carbocycles. The zero-order valence-electron chi connectivity index (χ0n) is 8.25. The SMILES string of the molecule is CN(C(=O)C1CCCNC1)C1CC1. The number of rotatable bonds is 2. The van der Waals surface area contributed by atoms with E-state index in [1.54, 1.807) is 0 Å². The largest absolute Gasteiger partial charge is 0.342 e. The van der Waals surface area contributed by atoms with E-state index in [4.69, 9.17) is 0 Å². The number of nitrogens with zero attached hydrogens (tertiary/aromatic N) is 1. The highest BCUT2D eigenvalue weighted by Crippen LogP contribution is 2.27. The molecule has 1 saturated carbocycles. The van der Waals surface area contributed by atoms with E-state index in [1.165, 1.54) is 12.8 Å². The van der Waals surface area contributed by atoms with Crippen LogP contribution in [0.2, 0.25) is 0 Å². The lowest BCUT2D eigenvalue weighted by Crippen LogP contribution is -2.42. The van der Waals surface area contributed by atoms with Crippen LogP contribution in [0.3, 0.4) is 0 Å². The van der Waals surface area contributed by atoms with Crippen LogP contribution in [-0.2, 0) is 4.79 Å². The van der Waals surface area contributed by atoms with Gasteiger partial charge in [-0.05, 0) is 32.2 Å². The van der Waals surface area contributed by atoms with Gasteiger partial charge in [0.05, 0.1) is 5.92 Å². The summed E-state index contributed by atoms with van der Waals surface area (Å²) in [5, 5.41) is 3.28. The van der Waals surface area contributed by atoms with Gasteiger partial charge in [-0.1, -0.05) is 0 Å². The van der Waals surface area contributed by atoms with Gasteiger partial charge in [-0.25, -0.2) is 0 Å². The van der Waals surface area contributed by atoms with Crippen molar-refractivity contribution in [1.82, 2.24) is 10.2 Å². The molecule has 3 heteroatoms. The Kier molecular flexibility index (Phi) is 2.54. The number of hydrogen-bond donors (Lipinski definition) is 1. The van der Waals surface area contributed by atoms with Crippen molar-refractivity contribution in [2.45, 2.75) is 31.7 Å². The number of amides is 1. The molecule has 1 unspecified atom stereocenters. The molecule has 1 heterocycles. The molecule has 74 valence electrons. The highest BCUT2D eigenvalue weighted by Gasteiger charge is 2.33. The maximum absolute atomic E-state index is 11.9. The standard InChI is InChI=1S/C10H18N2O/c1-12(9-4-5-9)10(13)8-3-2-6-11-7-8/h8-9,11H,2-7H2,1H3. The number of piperidine rings is 1. The van der Waals surface area contributed by atoms with Crippen molar-refractivity contribution in [2.24, 2.45) is 5.92 Å². The number of hydrogen-bond acceptors (Lipinski definition) is 2. The Balaban J connectivity index is 1.86. The molecular formula is C10H18N2O. The van der Waals surface area contributed by atoms with Crippen molar-refractivity contribution in [3.63, 3.8) is 0 Å². The fourth-order valence-corrected chi connectivity index (χ4v) is 1.99. The van der Waals surface area contributed by atoms with E-state index in [0.29, 0.717) is 11.9 Å². The molecule has 3 nitrogen and oxygen atoms in total. The molecule has 2 fully saturated rings. The van der Waals surface area contributed by atoms with Crippen LogP contribution < -0.4 is 5.32 Å². The smallest absolute Gasteiger partial charge is 0.226 e. The minimum atomic E-state index is 0.249. The average Bonchev–Trinajstić information content (AvgIpc) is 3.00. The topological polar surface area (TPSA) is 32.3 Å². The minimum Gasteiger partial charge on any atom is -0.342 e. The molecule has 0 radical (unpaired) electrons. The van der Waals surface area contributed by atoms with Gasteiger partial charge in [0.15, 0.2) is 0 Å². The molecule has 1 amide bonds. The number of carbonyl (C=O) groups excluding carboxylic acids is 1. The van der Waals surface area contributed by atoms with Crippen molar-refractivity contribution < 1.29 is 4.79 Å². The Labute approximate surface area is 79.5 Å². The van der Waals surface area contributed by atoms with Gasteiger partial charge in [-0.3, -0.25) is 4.79 Å². The molecule has 1 saturated heterocycles. The van der Waals surface area contributed by atoms with Crippen molar-refractivity contribution in [3.05, 3.63) is 0 Å². The van der Waals surface area contributed by atoms with Gasteiger partial charge in [0.2, 0.25) is 5.91 Å². The van der Waals surface area contributed by atoms with E-state index in [9.17, 15) is 4.79 Å². The third-order valence-corrected chi connectivity index (χ3v) is 3.09. The van der Waals surface area contributed by atoms with Crippen molar-refractivity contribution >= 4 is 5.91 Å². The highest BCUT2D eigenvalue weighted by atomic mass is 16.2. The van der Waals surface area contributed by atoms with E-state index < -0.39 is 0 Å². The Hall–Kier alpha value is -0.570. The summed E-state index contributed by atoms with van der Waals surface area (Å²) in [6.07, 6.45) is 4.64. The van der Waals surface area contributed by atoms with Crippen LogP contribution in [0.5, 0.6) is 0 Å². The van der Waals surface area contributed by atoms with Crippen LogP contribution >= 0.6 is 0 Å². The van der Waals surface area contributed by atoms with Crippen LogP contribution in [-0.4, -0.2) is 37.0 Å². The second kappa shape index (κ2) is 3.66. The first-order chi connectivity index (χ1) is 6.29. The van der Waals surface area contributed by atoms with Crippen LogP contribution in [0, 0.1) is 5.92 Å². The second-order valence-corrected chi connectivity index (χ2v) is 4.22. The van der Waals surface area contributed by atoms with E-state index in [0.717, 1.165) is 25.9 Å². The van der Waals surface area contributed by atoms with Crippen LogP contribution in [0.15, 0.2) is 0 Å². The molecule has 0 bridgehead atoms. The summed E-state index contributed by atoms with van der Waals surface area (Å²) in [6.45, 7) is 1.97. The third kappa shape index (κ3) is 2.02. The van der Waals surface area contributed by atoms with E-state index in [1.807, 2.05) is 11.9 Å². The predicted octanol–water partition coefficient (Wildman–Crippen LogP) is 0.607. The lowest BCUT2D eigenvalue weighted by atomic mass is 9.98. The monoisotopic (exact) mass is 182 g/mol. The lowest BCUT2D eigenvalue weighted by Gasteiger charge is -2.26. The Bertz CT molecular complexity index is 195. The van der Waals surface area contributed by atoms with Gasteiger partial charge in [0, 0.05) is 19.6 Å². The quantitative estimate of drug-likeness (QED) is 0.678. The Morgan fingerprint density at radius 1 is 1.38 bits per heavy atom. The van der Waals surface area contributed by atoms with Crippen molar-refractivity contribution in [2.75, 3.05) is 20.1 Å². The normalized spacial score (nSPS) is 28.5. The molecule has 2 rings (SSSR count). The van der Waals surface area contributed by atoms with Gasteiger partial charge in [-0.15, -0.1) is 0 Å². The van der Waals surface area contributed by atoms with E-state index in [2.05, 4.69) is 5.32 Å². The molecule has 1 aliphatic heterocycles. The summed E-state index contributed by atoms with van der Waals surface area (Å²) in [5.41, 5.74) is 0. The first kappa shape index (κ1) is 9.00. The second-order valence-electron chi connectivity index (χ2n) is 4.22. The molecule has 1 atom stereocenters. The molecular weight excluding hydrogens is 164 g/mol. The summed E-state index contributed by atoms with van der Waals surface area (Å²) in [7, 11) is 1.95. The van der Waals surface area contributed by atoms with Crippen LogP contribution in [0.4, 0.5) is 0 Å².